The summed E-state index contributed by atoms with van der Waals surface area (Å²) in [5, 5.41) is 0. The number of allylic oxidation sites excluding steroid dienone is 10. The van der Waals surface area contributed by atoms with Gasteiger partial charge in [-0.05, 0) is 20.3 Å². The highest BCUT2D eigenvalue weighted by molar-refractivity contribution is 6.15. The Kier molecular flexibility index (Phi) is 8.60. The summed E-state index contributed by atoms with van der Waals surface area (Å²) in [5.74, 6) is -0.206. The molecule has 0 bridgehead atoms. The van der Waals surface area contributed by atoms with Crippen molar-refractivity contribution in [1.29, 1.82) is 0 Å². The van der Waals surface area contributed by atoms with E-state index in [0.717, 1.165) is 12.0 Å². The molecule has 0 amide bonds. The first-order valence-electron chi connectivity index (χ1n) is 6.55. The van der Waals surface area contributed by atoms with E-state index in [1.807, 2.05) is 39.0 Å². The first-order chi connectivity index (χ1) is 9.56. The zero-order valence-electron chi connectivity index (χ0n) is 12.5. The van der Waals surface area contributed by atoms with Crippen molar-refractivity contribution in [1.82, 2.24) is 0 Å². The van der Waals surface area contributed by atoms with Gasteiger partial charge in [-0.3, -0.25) is 9.59 Å². The SMILES string of the molecule is C=C/C(C=O)=C(\C=C)C(=O)C(/C=C\C=C/C)=C(/C)CC. The van der Waals surface area contributed by atoms with Crippen molar-refractivity contribution in [2.24, 2.45) is 0 Å². The standard InChI is InChI=1S/C18H22O2/c1-6-10-11-12-17(14(5)7-2)18(20)16(9-4)15(8-3)13-19/h6,8-13H,3-4,7H2,1-2,5H3/b10-6-,12-11-,16-15-,17-14-. The number of Topliss-reactive ketones (excluding diaryl/α,β-unsaturated/α-hetero) is 1. The Morgan fingerprint density at radius 1 is 1.10 bits per heavy atom. The summed E-state index contributed by atoms with van der Waals surface area (Å²) < 4.78 is 0. The Morgan fingerprint density at radius 3 is 2.15 bits per heavy atom. The Bertz CT molecular complexity index is 502. The van der Waals surface area contributed by atoms with Crippen LogP contribution in [0.3, 0.4) is 0 Å². The highest BCUT2D eigenvalue weighted by Crippen LogP contribution is 2.18. The number of carbonyl (C=O) groups excluding carboxylic acids is 2. The second kappa shape index (κ2) is 9.68. The van der Waals surface area contributed by atoms with E-state index in [9.17, 15) is 9.59 Å². The smallest absolute Gasteiger partial charge is 0.193 e. The molecule has 0 fully saturated rings. The van der Waals surface area contributed by atoms with Crippen LogP contribution in [0.4, 0.5) is 0 Å². The zero-order valence-corrected chi connectivity index (χ0v) is 12.5. The van der Waals surface area contributed by atoms with Crippen LogP contribution < -0.4 is 0 Å². The number of ketones is 1. The molecule has 0 saturated heterocycles. The van der Waals surface area contributed by atoms with Crippen molar-refractivity contribution in [3.05, 3.63) is 71.9 Å². The van der Waals surface area contributed by atoms with E-state index in [2.05, 4.69) is 13.2 Å². The third-order valence-electron chi connectivity index (χ3n) is 2.91. The van der Waals surface area contributed by atoms with Gasteiger partial charge < -0.3 is 0 Å². The van der Waals surface area contributed by atoms with E-state index in [0.29, 0.717) is 11.9 Å². The van der Waals surface area contributed by atoms with Gasteiger partial charge in [-0.2, -0.15) is 0 Å². The molecule has 0 aromatic carbocycles. The van der Waals surface area contributed by atoms with E-state index in [-0.39, 0.29) is 16.9 Å². The van der Waals surface area contributed by atoms with Crippen LogP contribution in [-0.4, -0.2) is 12.1 Å². The fraction of sp³-hybridized carbons (Fsp3) is 0.222. The van der Waals surface area contributed by atoms with Crippen molar-refractivity contribution in [3.8, 4) is 0 Å². The van der Waals surface area contributed by atoms with Gasteiger partial charge in [0.2, 0.25) is 0 Å². The van der Waals surface area contributed by atoms with E-state index in [4.69, 9.17) is 0 Å². The monoisotopic (exact) mass is 270 g/mol. The zero-order chi connectivity index (χ0) is 15.5. The second-order valence-corrected chi connectivity index (χ2v) is 4.16. The van der Waals surface area contributed by atoms with Crippen LogP contribution >= 0.6 is 0 Å². The number of aldehydes is 1. The first-order valence-corrected chi connectivity index (χ1v) is 6.55. The van der Waals surface area contributed by atoms with Crippen molar-refractivity contribution in [3.63, 3.8) is 0 Å². The lowest BCUT2D eigenvalue weighted by Gasteiger charge is -2.08. The lowest BCUT2D eigenvalue weighted by molar-refractivity contribution is -0.112. The Labute approximate surface area is 121 Å². The molecule has 0 radical (unpaired) electrons. The Hall–Kier alpha value is -2.22. The Morgan fingerprint density at radius 2 is 1.75 bits per heavy atom. The maximum atomic E-state index is 12.6. The van der Waals surface area contributed by atoms with Crippen molar-refractivity contribution in [2.75, 3.05) is 0 Å². The van der Waals surface area contributed by atoms with Crippen molar-refractivity contribution >= 4 is 12.1 Å². The van der Waals surface area contributed by atoms with Gasteiger partial charge >= 0.3 is 0 Å². The molecule has 0 aromatic heterocycles. The summed E-state index contributed by atoms with van der Waals surface area (Å²) >= 11 is 0. The molecule has 20 heavy (non-hydrogen) atoms. The number of carbonyl (C=O) groups is 2. The fourth-order valence-electron chi connectivity index (χ4n) is 1.57. The lowest BCUT2D eigenvalue weighted by atomic mass is 9.94. The molecule has 0 atom stereocenters. The molecular formula is C18H22O2. The van der Waals surface area contributed by atoms with Gasteiger partial charge in [0.15, 0.2) is 12.1 Å². The molecule has 0 saturated carbocycles. The molecule has 106 valence electrons. The highest BCUT2D eigenvalue weighted by atomic mass is 16.1. The van der Waals surface area contributed by atoms with Crippen LogP contribution in [0.15, 0.2) is 71.9 Å². The van der Waals surface area contributed by atoms with Crippen molar-refractivity contribution in [2.45, 2.75) is 27.2 Å². The van der Waals surface area contributed by atoms with Gasteiger partial charge in [-0.1, -0.05) is 62.1 Å². The minimum atomic E-state index is -0.206. The van der Waals surface area contributed by atoms with Gasteiger partial charge in [-0.15, -0.1) is 0 Å². The van der Waals surface area contributed by atoms with Crippen LogP contribution in [0.2, 0.25) is 0 Å². The quantitative estimate of drug-likeness (QED) is 0.375. The van der Waals surface area contributed by atoms with Crippen LogP contribution in [0.1, 0.15) is 27.2 Å². The van der Waals surface area contributed by atoms with E-state index >= 15 is 0 Å². The predicted molar refractivity (Wildman–Crippen MR) is 85.4 cm³/mol. The Balaban J connectivity index is 5.90. The lowest BCUT2D eigenvalue weighted by Crippen LogP contribution is -2.08. The highest BCUT2D eigenvalue weighted by Gasteiger charge is 2.15. The van der Waals surface area contributed by atoms with Crippen molar-refractivity contribution < 1.29 is 9.59 Å². The second-order valence-electron chi connectivity index (χ2n) is 4.16. The third-order valence-corrected chi connectivity index (χ3v) is 2.91. The summed E-state index contributed by atoms with van der Waals surface area (Å²) in [4.78, 5) is 23.5. The predicted octanol–water partition coefficient (Wildman–Crippen LogP) is 4.28. The van der Waals surface area contributed by atoms with Gasteiger partial charge in [0.05, 0.1) is 0 Å². The molecular weight excluding hydrogens is 248 g/mol. The summed E-state index contributed by atoms with van der Waals surface area (Å²) in [6.45, 7) is 13.0. The molecule has 0 aromatic rings. The maximum absolute atomic E-state index is 12.6. The number of hydrogen-bond acceptors (Lipinski definition) is 2. The topological polar surface area (TPSA) is 34.1 Å². The van der Waals surface area contributed by atoms with E-state index in [1.165, 1.54) is 12.2 Å². The summed E-state index contributed by atoms with van der Waals surface area (Å²) in [5.41, 5.74) is 2.08. The van der Waals surface area contributed by atoms with Gasteiger partial charge in [0.25, 0.3) is 0 Å². The molecule has 0 aliphatic carbocycles. The average molecular weight is 270 g/mol. The van der Waals surface area contributed by atoms with Crippen LogP contribution in [0.25, 0.3) is 0 Å². The number of hydrogen-bond donors (Lipinski definition) is 0. The molecule has 0 aliphatic heterocycles. The van der Waals surface area contributed by atoms with E-state index < -0.39 is 0 Å². The molecule has 0 unspecified atom stereocenters. The van der Waals surface area contributed by atoms with Crippen LogP contribution in [-0.2, 0) is 9.59 Å². The molecule has 0 heterocycles. The largest absolute Gasteiger partial charge is 0.298 e. The van der Waals surface area contributed by atoms with Crippen LogP contribution in [0.5, 0.6) is 0 Å². The van der Waals surface area contributed by atoms with Gasteiger partial charge in [0.1, 0.15) is 0 Å². The molecule has 2 nitrogen and oxygen atoms in total. The molecule has 2 heteroatoms. The number of rotatable bonds is 8. The fourth-order valence-corrected chi connectivity index (χ4v) is 1.57. The molecule has 0 rings (SSSR count). The summed E-state index contributed by atoms with van der Waals surface area (Å²) in [7, 11) is 0. The molecule has 0 aliphatic rings. The molecule has 0 N–H and O–H groups in total. The minimum absolute atomic E-state index is 0.206. The van der Waals surface area contributed by atoms with E-state index in [1.54, 1.807) is 6.08 Å². The van der Waals surface area contributed by atoms with Crippen LogP contribution in [0, 0.1) is 0 Å². The summed E-state index contributed by atoms with van der Waals surface area (Å²) in [6.07, 6.45) is 11.5. The molecule has 0 spiro atoms. The summed E-state index contributed by atoms with van der Waals surface area (Å²) in [6, 6.07) is 0. The van der Waals surface area contributed by atoms with Gasteiger partial charge in [-0.25, -0.2) is 0 Å². The normalized spacial score (nSPS) is 13.9. The first kappa shape index (κ1) is 17.8. The average Bonchev–Trinajstić information content (AvgIpc) is 2.47. The minimum Gasteiger partial charge on any atom is -0.298 e. The van der Waals surface area contributed by atoms with Gasteiger partial charge in [0, 0.05) is 16.7 Å². The maximum Gasteiger partial charge on any atom is 0.193 e. The third kappa shape index (κ3) is 4.81.